The lowest BCUT2D eigenvalue weighted by Crippen LogP contribution is -2.15. The minimum atomic E-state index is -0.315. The second-order valence-electron chi connectivity index (χ2n) is 3.68. The fraction of sp³-hybridized carbons (Fsp3) is 0.167. The second-order valence-corrected chi connectivity index (χ2v) is 3.68. The Kier molecular flexibility index (Phi) is 3.47. The molecular weight excluding hydrogens is 230 g/mol. The average Bonchev–Trinajstić information content (AvgIpc) is 2.41. The van der Waals surface area contributed by atoms with Crippen LogP contribution in [-0.2, 0) is 0 Å². The van der Waals surface area contributed by atoms with Crippen LogP contribution in [-0.4, -0.2) is 27.9 Å². The Balaban J connectivity index is 2.14. The number of aromatic nitrogens is 3. The monoisotopic (exact) mass is 243 g/mol. The first-order valence-corrected chi connectivity index (χ1v) is 5.43. The number of pyridine rings is 1. The van der Waals surface area contributed by atoms with Gasteiger partial charge in [-0.2, -0.15) is 0 Å². The van der Waals surface area contributed by atoms with E-state index in [4.69, 9.17) is 0 Å². The van der Waals surface area contributed by atoms with E-state index in [0.717, 1.165) is 5.69 Å². The number of carbonyl (C=O) groups excluding carboxylic acids is 1. The molecule has 2 aromatic heterocycles. The van der Waals surface area contributed by atoms with Crippen LogP contribution in [0.4, 0.5) is 11.5 Å². The molecule has 2 heterocycles. The molecule has 0 unspecified atom stereocenters. The van der Waals surface area contributed by atoms with Gasteiger partial charge in [0.25, 0.3) is 5.91 Å². The molecule has 2 N–H and O–H groups in total. The Morgan fingerprint density at radius 3 is 2.72 bits per heavy atom. The first-order chi connectivity index (χ1) is 8.69. The third kappa shape index (κ3) is 2.79. The highest BCUT2D eigenvalue weighted by Gasteiger charge is 2.08. The van der Waals surface area contributed by atoms with E-state index in [-0.39, 0.29) is 11.6 Å². The molecule has 2 aromatic rings. The van der Waals surface area contributed by atoms with Gasteiger partial charge in [0.2, 0.25) is 0 Å². The molecule has 6 heteroatoms. The van der Waals surface area contributed by atoms with E-state index in [1.807, 2.05) is 13.0 Å². The molecule has 92 valence electrons. The number of nitrogens with zero attached hydrogens (tertiary/aromatic N) is 3. The topological polar surface area (TPSA) is 79.8 Å². The minimum absolute atomic E-state index is 0.252. The number of amides is 1. The van der Waals surface area contributed by atoms with Crippen molar-refractivity contribution in [3.05, 3.63) is 42.1 Å². The molecule has 0 saturated heterocycles. The summed E-state index contributed by atoms with van der Waals surface area (Å²) >= 11 is 0. The Bertz CT molecular complexity index is 553. The van der Waals surface area contributed by atoms with Gasteiger partial charge in [-0.15, -0.1) is 0 Å². The summed E-state index contributed by atoms with van der Waals surface area (Å²) in [6.07, 6.45) is 4.56. The fourth-order valence-corrected chi connectivity index (χ4v) is 1.33. The lowest BCUT2D eigenvalue weighted by Gasteiger charge is -2.05. The van der Waals surface area contributed by atoms with Crippen LogP contribution in [0.15, 0.2) is 30.7 Å². The van der Waals surface area contributed by atoms with Gasteiger partial charge in [-0.3, -0.25) is 14.8 Å². The van der Waals surface area contributed by atoms with Gasteiger partial charge in [0.1, 0.15) is 11.5 Å². The lowest BCUT2D eigenvalue weighted by atomic mass is 10.3. The largest absolute Gasteiger partial charge is 0.372 e. The van der Waals surface area contributed by atoms with E-state index in [1.165, 1.54) is 6.20 Å². The molecule has 2 rings (SSSR count). The van der Waals surface area contributed by atoms with Crippen LogP contribution in [0.25, 0.3) is 0 Å². The molecule has 0 aromatic carbocycles. The molecule has 1 amide bonds. The van der Waals surface area contributed by atoms with Crippen molar-refractivity contribution in [2.45, 2.75) is 6.92 Å². The smallest absolute Gasteiger partial charge is 0.275 e. The van der Waals surface area contributed by atoms with E-state index in [0.29, 0.717) is 11.5 Å². The molecule has 0 spiro atoms. The molecule has 0 aliphatic carbocycles. The van der Waals surface area contributed by atoms with Crippen molar-refractivity contribution < 1.29 is 4.79 Å². The number of carbonyl (C=O) groups is 1. The average molecular weight is 243 g/mol. The van der Waals surface area contributed by atoms with Crippen LogP contribution in [0.1, 0.15) is 16.2 Å². The summed E-state index contributed by atoms with van der Waals surface area (Å²) < 4.78 is 0. The lowest BCUT2D eigenvalue weighted by molar-refractivity contribution is 0.102. The maximum Gasteiger partial charge on any atom is 0.275 e. The maximum absolute atomic E-state index is 11.9. The summed E-state index contributed by atoms with van der Waals surface area (Å²) in [7, 11) is 1.72. The molecular formula is C12H13N5O. The third-order valence-corrected chi connectivity index (χ3v) is 2.29. The van der Waals surface area contributed by atoms with Gasteiger partial charge >= 0.3 is 0 Å². The molecule has 18 heavy (non-hydrogen) atoms. The number of hydrogen-bond donors (Lipinski definition) is 2. The van der Waals surface area contributed by atoms with Crippen molar-refractivity contribution >= 4 is 17.4 Å². The van der Waals surface area contributed by atoms with Gasteiger partial charge in [0.05, 0.1) is 24.3 Å². The summed E-state index contributed by atoms with van der Waals surface area (Å²) in [6, 6.07) is 3.61. The Hall–Kier alpha value is -2.50. The van der Waals surface area contributed by atoms with E-state index >= 15 is 0 Å². The van der Waals surface area contributed by atoms with Crippen molar-refractivity contribution in [3.63, 3.8) is 0 Å². The zero-order valence-corrected chi connectivity index (χ0v) is 10.1. The molecule has 0 radical (unpaired) electrons. The highest BCUT2D eigenvalue weighted by atomic mass is 16.1. The predicted octanol–water partition coefficient (Wildman–Crippen LogP) is 1.47. The van der Waals surface area contributed by atoms with Crippen molar-refractivity contribution in [3.8, 4) is 0 Å². The number of nitrogens with one attached hydrogen (secondary N) is 2. The van der Waals surface area contributed by atoms with Crippen molar-refractivity contribution in [2.75, 3.05) is 17.7 Å². The van der Waals surface area contributed by atoms with Gasteiger partial charge in [-0.25, -0.2) is 4.98 Å². The molecule has 6 nitrogen and oxygen atoms in total. The van der Waals surface area contributed by atoms with Crippen LogP contribution in [0.5, 0.6) is 0 Å². The standard InChI is InChI=1S/C12H13N5O/c1-8-3-4-9(5-15-8)16-12(18)10-6-14-7-11(13-2)17-10/h3-7H,1-2H3,(H,13,17)(H,16,18). The van der Waals surface area contributed by atoms with Gasteiger partial charge in [-0.05, 0) is 19.1 Å². The molecule has 0 fully saturated rings. The number of rotatable bonds is 3. The first-order valence-electron chi connectivity index (χ1n) is 5.43. The van der Waals surface area contributed by atoms with Crippen LogP contribution >= 0.6 is 0 Å². The molecule has 0 atom stereocenters. The predicted molar refractivity (Wildman–Crippen MR) is 68.5 cm³/mol. The van der Waals surface area contributed by atoms with Gasteiger partial charge in [-0.1, -0.05) is 0 Å². The van der Waals surface area contributed by atoms with Crippen molar-refractivity contribution in [2.24, 2.45) is 0 Å². The highest BCUT2D eigenvalue weighted by molar-refractivity contribution is 6.02. The second kappa shape index (κ2) is 5.22. The summed E-state index contributed by atoms with van der Waals surface area (Å²) in [5.74, 6) is 0.231. The van der Waals surface area contributed by atoms with E-state index < -0.39 is 0 Å². The van der Waals surface area contributed by atoms with Gasteiger partial charge < -0.3 is 10.6 Å². The molecule has 0 aliphatic heterocycles. The van der Waals surface area contributed by atoms with Crippen LogP contribution in [0, 0.1) is 6.92 Å². The molecule has 0 aliphatic rings. The Morgan fingerprint density at radius 2 is 2.06 bits per heavy atom. The molecule has 0 bridgehead atoms. The van der Waals surface area contributed by atoms with Crippen molar-refractivity contribution in [1.29, 1.82) is 0 Å². The minimum Gasteiger partial charge on any atom is -0.372 e. The highest BCUT2D eigenvalue weighted by Crippen LogP contribution is 2.08. The fourth-order valence-electron chi connectivity index (χ4n) is 1.33. The maximum atomic E-state index is 11.9. The zero-order valence-electron chi connectivity index (χ0n) is 10.1. The number of anilines is 2. The Morgan fingerprint density at radius 1 is 1.22 bits per heavy atom. The zero-order chi connectivity index (χ0) is 13.0. The van der Waals surface area contributed by atoms with Gasteiger partial charge in [0.15, 0.2) is 0 Å². The summed E-state index contributed by atoms with van der Waals surface area (Å²) in [6.45, 7) is 1.88. The van der Waals surface area contributed by atoms with E-state index in [9.17, 15) is 4.79 Å². The normalized spacial score (nSPS) is 9.89. The number of hydrogen-bond acceptors (Lipinski definition) is 5. The first kappa shape index (κ1) is 12.0. The van der Waals surface area contributed by atoms with E-state index in [2.05, 4.69) is 25.6 Å². The number of aryl methyl sites for hydroxylation is 1. The van der Waals surface area contributed by atoms with Crippen molar-refractivity contribution in [1.82, 2.24) is 15.0 Å². The quantitative estimate of drug-likeness (QED) is 0.853. The SMILES string of the molecule is CNc1cncc(C(=O)Nc2ccc(C)nc2)n1. The van der Waals surface area contributed by atoms with E-state index in [1.54, 1.807) is 25.5 Å². The summed E-state index contributed by atoms with van der Waals surface area (Å²) in [4.78, 5) is 24.0. The van der Waals surface area contributed by atoms with Gasteiger partial charge in [0, 0.05) is 12.7 Å². The summed E-state index contributed by atoms with van der Waals surface area (Å²) in [5.41, 5.74) is 1.77. The Labute approximate surface area is 105 Å². The summed E-state index contributed by atoms with van der Waals surface area (Å²) in [5, 5.41) is 5.53. The van der Waals surface area contributed by atoms with Crippen LogP contribution in [0.3, 0.4) is 0 Å². The third-order valence-electron chi connectivity index (χ3n) is 2.29. The molecule has 0 saturated carbocycles. The van der Waals surface area contributed by atoms with Crippen LogP contribution < -0.4 is 10.6 Å². The van der Waals surface area contributed by atoms with Crippen LogP contribution in [0.2, 0.25) is 0 Å².